The van der Waals surface area contributed by atoms with Gasteiger partial charge in [0, 0.05) is 6.08 Å². The highest BCUT2D eigenvalue weighted by molar-refractivity contribution is 5.94. The van der Waals surface area contributed by atoms with Crippen molar-refractivity contribution in [3.8, 4) is 0 Å². The van der Waals surface area contributed by atoms with Crippen molar-refractivity contribution in [3.05, 3.63) is 23.5 Å². The normalized spacial score (nSPS) is 39.2. The van der Waals surface area contributed by atoms with E-state index in [2.05, 4.69) is 0 Å². The molecular formula is C12H14O5. The summed E-state index contributed by atoms with van der Waals surface area (Å²) in [6.45, 7) is 4.92. The van der Waals surface area contributed by atoms with E-state index < -0.39 is 23.0 Å². The average Bonchev–Trinajstić information content (AvgIpc) is 2.70. The zero-order valence-electron chi connectivity index (χ0n) is 9.94. The second kappa shape index (κ2) is 3.35. The lowest BCUT2D eigenvalue weighted by Crippen LogP contribution is -2.45. The van der Waals surface area contributed by atoms with Gasteiger partial charge in [-0.3, -0.25) is 0 Å². The predicted octanol–water partition coefficient (Wildman–Crippen LogP) is 1.25. The van der Waals surface area contributed by atoms with E-state index in [9.17, 15) is 14.7 Å². The van der Waals surface area contributed by atoms with Crippen molar-refractivity contribution in [2.45, 2.75) is 26.4 Å². The number of carbonyl (C=O) groups excluding carboxylic acids is 2. The molecule has 0 aromatic rings. The zero-order chi connectivity index (χ0) is 12.8. The summed E-state index contributed by atoms with van der Waals surface area (Å²) < 4.78 is 10.2. The highest BCUT2D eigenvalue weighted by Crippen LogP contribution is 2.48. The Morgan fingerprint density at radius 3 is 2.53 bits per heavy atom. The minimum Gasteiger partial charge on any atom is -0.512 e. The first-order valence-corrected chi connectivity index (χ1v) is 5.30. The minimum atomic E-state index is -0.977. The molecule has 0 radical (unpaired) electrons. The first-order valence-electron chi connectivity index (χ1n) is 5.30. The maximum atomic E-state index is 11.6. The largest absolute Gasteiger partial charge is 0.512 e. The summed E-state index contributed by atoms with van der Waals surface area (Å²) in [5, 5.41) is 9.61. The number of allylic oxidation sites excluding steroid dienone is 1. The molecule has 0 amide bonds. The van der Waals surface area contributed by atoms with E-state index in [-0.39, 0.29) is 17.9 Å². The summed E-state index contributed by atoms with van der Waals surface area (Å²) >= 11 is 0. The maximum Gasteiger partial charge on any atom is 0.338 e. The Balaban J connectivity index is 2.51. The van der Waals surface area contributed by atoms with Crippen LogP contribution in [-0.2, 0) is 19.1 Å². The molecule has 0 saturated carbocycles. The van der Waals surface area contributed by atoms with Gasteiger partial charge in [0.2, 0.25) is 0 Å². The monoisotopic (exact) mass is 238 g/mol. The number of carbonyl (C=O) groups is 2. The summed E-state index contributed by atoms with van der Waals surface area (Å²) in [4.78, 5) is 22.8. The smallest absolute Gasteiger partial charge is 0.338 e. The van der Waals surface area contributed by atoms with E-state index in [0.717, 1.165) is 0 Å². The van der Waals surface area contributed by atoms with Crippen LogP contribution in [0.15, 0.2) is 23.5 Å². The molecule has 0 bridgehead atoms. The number of hydrogen-bond donors (Lipinski definition) is 1. The maximum absolute atomic E-state index is 11.6. The molecule has 5 heteroatoms. The summed E-state index contributed by atoms with van der Waals surface area (Å²) in [6, 6.07) is 0. The topological polar surface area (TPSA) is 72.8 Å². The summed E-state index contributed by atoms with van der Waals surface area (Å²) in [5.41, 5.74) is -1.68. The molecule has 2 heterocycles. The van der Waals surface area contributed by atoms with Crippen LogP contribution in [0.5, 0.6) is 0 Å². The molecular weight excluding hydrogens is 224 g/mol. The van der Waals surface area contributed by atoms with Crippen LogP contribution in [0.1, 0.15) is 20.8 Å². The molecule has 1 saturated heterocycles. The van der Waals surface area contributed by atoms with Crippen LogP contribution in [0.3, 0.4) is 0 Å². The molecule has 1 N–H and O–H groups in total. The van der Waals surface area contributed by atoms with Gasteiger partial charge in [0.05, 0.1) is 11.0 Å². The van der Waals surface area contributed by atoms with Crippen LogP contribution >= 0.6 is 0 Å². The Hall–Kier alpha value is -1.78. The number of cyclic esters (lactones) is 2. The number of ether oxygens (including phenoxy) is 2. The van der Waals surface area contributed by atoms with Crippen LogP contribution in [0.2, 0.25) is 0 Å². The number of rotatable bonds is 1. The van der Waals surface area contributed by atoms with Crippen molar-refractivity contribution < 1.29 is 24.2 Å². The molecule has 2 aliphatic rings. The van der Waals surface area contributed by atoms with Crippen LogP contribution in [0, 0.1) is 5.41 Å². The Morgan fingerprint density at radius 1 is 1.41 bits per heavy atom. The Bertz CT molecular complexity index is 458. The third kappa shape index (κ3) is 1.45. The van der Waals surface area contributed by atoms with E-state index in [1.807, 2.05) is 0 Å². The van der Waals surface area contributed by atoms with Gasteiger partial charge in [-0.2, -0.15) is 0 Å². The average molecular weight is 238 g/mol. The van der Waals surface area contributed by atoms with Gasteiger partial charge in [0.1, 0.15) is 18.0 Å². The highest BCUT2D eigenvalue weighted by atomic mass is 16.6. The van der Waals surface area contributed by atoms with Gasteiger partial charge < -0.3 is 14.6 Å². The molecule has 1 unspecified atom stereocenters. The lowest BCUT2D eigenvalue weighted by molar-refractivity contribution is -0.152. The summed E-state index contributed by atoms with van der Waals surface area (Å²) in [5.74, 6) is -1.12. The number of aliphatic hydroxyl groups is 1. The molecule has 0 aliphatic carbocycles. The standard InChI is InChI=1S/C12H14O5/c1-7(13)9-10(15)16-6-11(9,2)12(3)5-4-8(14)17-12/h4-5,13H,6H2,1-3H3/b9-7+/t11-,12?/m1/s1. The molecule has 2 rings (SSSR count). The van der Waals surface area contributed by atoms with Crippen molar-refractivity contribution in [1.82, 2.24) is 0 Å². The van der Waals surface area contributed by atoms with Crippen molar-refractivity contribution in [2.24, 2.45) is 5.41 Å². The minimum absolute atomic E-state index is 0.0766. The Morgan fingerprint density at radius 2 is 2.06 bits per heavy atom. The fourth-order valence-corrected chi connectivity index (χ4v) is 2.32. The first kappa shape index (κ1) is 11.7. The quantitative estimate of drug-likeness (QED) is 0.423. The van der Waals surface area contributed by atoms with E-state index in [1.54, 1.807) is 19.9 Å². The van der Waals surface area contributed by atoms with Gasteiger partial charge >= 0.3 is 11.9 Å². The second-order valence-corrected chi connectivity index (χ2v) is 4.73. The van der Waals surface area contributed by atoms with E-state index in [0.29, 0.717) is 0 Å². The Kier molecular flexibility index (Phi) is 2.31. The Labute approximate surface area is 98.7 Å². The van der Waals surface area contributed by atoms with Crippen molar-refractivity contribution in [3.63, 3.8) is 0 Å². The molecule has 92 valence electrons. The molecule has 2 aliphatic heterocycles. The SMILES string of the molecule is C/C(O)=C1/C(=O)OC[C@@]1(C)C1(C)C=CC(=O)O1. The molecule has 0 spiro atoms. The van der Waals surface area contributed by atoms with Crippen LogP contribution < -0.4 is 0 Å². The highest BCUT2D eigenvalue weighted by Gasteiger charge is 2.58. The fraction of sp³-hybridized carbons (Fsp3) is 0.500. The van der Waals surface area contributed by atoms with Crippen molar-refractivity contribution in [2.75, 3.05) is 6.61 Å². The lowest BCUT2D eigenvalue weighted by atomic mass is 9.70. The van der Waals surface area contributed by atoms with Gasteiger partial charge in [0.15, 0.2) is 0 Å². The molecule has 0 aromatic heterocycles. The van der Waals surface area contributed by atoms with E-state index in [4.69, 9.17) is 9.47 Å². The zero-order valence-corrected chi connectivity index (χ0v) is 9.94. The molecule has 5 nitrogen and oxygen atoms in total. The molecule has 0 aromatic carbocycles. The first-order chi connectivity index (χ1) is 7.80. The second-order valence-electron chi connectivity index (χ2n) is 4.73. The van der Waals surface area contributed by atoms with Crippen LogP contribution in [0.25, 0.3) is 0 Å². The number of esters is 2. The van der Waals surface area contributed by atoms with Gasteiger partial charge in [-0.25, -0.2) is 9.59 Å². The number of aliphatic hydroxyl groups excluding tert-OH is 1. The number of hydrogen-bond acceptors (Lipinski definition) is 5. The third-order valence-electron chi connectivity index (χ3n) is 3.56. The van der Waals surface area contributed by atoms with Crippen LogP contribution in [-0.4, -0.2) is 29.3 Å². The van der Waals surface area contributed by atoms with Crippen molar-refractivity contribution in [1.29, 1.82) is 0 Å². The molecule has 17 heavy (non-hydrogen) atoms. The van der Waals surface area contributed by atoms with Crippen LogP contribution in [0.4, 0.5) is 0 Å². The summed E-state index contributed by atoms with van der Waals surface area (Å²) in [7, 11) is 0. The predicted molar refractivity (Wildman–Crippen MR) is 58.0 cm³/mol. The molecule has 1 fully saturated rings. The van der Waals surface area contributed by atoms with Crippen molar-refractivity contribution >= 4 is 11.9 Å². The van der Waals surface area contributed by atoms with Gasteiger partial charge in [-0.1, -0.05) is 0 Å². The third-order valence-corrected chi connectivity index (χ3v) is 3.56. The summed E-state index contributed by atoms with van der Waals surface area (Å²) in [6.07, 6.45) is 2.92. The van der Waals surface area contributed by atoms with Gasteiger partial charge in [0.25, 0.3) is 0 Å². The lowest BCUT2D eigenvalue weighted by Gasteiger charge is -2.37. The van der Waals surface area contributed by atoms with Gasteiger partial charge in [-0.15, -0.1) is 0 Å². The molecule has 2 atom stereocenters. The van der Waals surface area contributed by atoms with Gasteiger partial charge in [-0.05, 0) is 26.8 Å². The van der Waals surface area contributed by atoms with E-state index >= 15 is 0 Å². The fourth-order valence-electron chi connectivity index (χ4n) is 2.32. The van der Waals surface area contributed by atoms with E-state index in [1.165, 1.54) is 13.0 Å².